The number of thioether (sulfide) groups is 1. The second-order valence-electron chi connectivity index (χ2n) is 6.25. The first-order chi connectivity index (χ1) is 15.7. The van der Waals surface area contributed by atoms with Crippen LogP contribution in [0.1, 0.15) is 47.2 Å². The molecule has 0 saturated heterocycles. The molecule has 0 saturated carbocycles. The number of nitrogens with two attached hydrogens (primary N) is 1. The summed E-state index contributed by atoms with van der Waals surface area (Å²) in [5.74, 6) is -3.09. The third-order valence-corrected chi connectivity index (χ3v) is 4.91. The first-order valence-corrected chi connectivity index (χ1v) is 11.0. The second-order valence-corrected chi connectivity index (χ2v) is 7.19. The van der Waals surface area contributed by atoms with Crippen molar-refractivity contribution in [3.05, 3.63) is 16.9 Å². The molecule has 1 amide bonds. The van der Waals surface area contributed by atoms with Gasteiger partial charge in [0, 0.05) is 0 Å². The third-order valence-electron chi connectivity index (χ3n) is 3.97. The van der Waals surface area contributed by atoms with Gasteiger partial charge in [0.15, 0.2) is 5.16 Å². The zero-order valence-corrected chi connectivity index (χ0v) is 19.4. The number of amides is 1. The molecule has 0 aliphatic carbocycles. The summed E-state index contributed by atoms with van der Waals surface area (Å²) >= 11 is 0.991. The lowest BCUT2D eigenvalue weighted by Gasteiger charge is -2.09. The number of esters is 3. The number of anilines is 2. The minimum absolute atomic E-state index is 0.0387. The van der Waals surface area contributed by atoms with Crippen molar-refractivity contribution in [2.45, 2.75) is 39.4 Å². The molecule has 0 spiro atoms. The van der Waals surface area contributed by atoms with Gasteiger partial charge in [-0.3, -0.25) is 19.5 Å². The number of ether oxygens (including phenoxy) is 3. The molecule has 180 valence electrons. The van der Waals surface area contributed by atoms with E-state index in [0.29, 0.717) is 0 Å². The minimum atomic E-state index is -0.859. The normalized spacial score (nSPS) is 10.5. The largest absolute Gasteiger partial charge is 0.465 e. The Morgan fingerprint density at radius 3 is 2.21 bits per heavy atom. The Labute approximate surface area is 193 Å². The number of nitrogens with one attached hydrogen (secondary N) is 1. The lowest BCUT2D eigenvalue weighted by Crippen LogP contribution is -2.22. The molecule has 0 bridgehead atoms. The maximum Gasteiger partial charge on any atom is 0.344 e. The number of aryl methyl sites for hydroxylation is 1. The van der Waals surface area contributed by atoms with Crippen LogP contribution >= 0.6 is 11.8 Å². The highest BCUT2D eigenvalue weighted by Gasteiger charge is 2.31. The summed E-state index contributed by atoms with van der Waals surface area (Å²) in [6.07, 6.45) is 0. The summed E-state index contributed by atoms with van der Waals surface area (Å²) in [6, 6.07) is 0. The van der Waals surface area contributed by atoms with Gasteiger partial charge >= 0.3 is 17.9 Å². The predicted molar refractivity (Wildman–Crippen MR) is 116 cm³/mol. The summed E-state index contributed by atoms with van der Waals surface area (Å²) in [6.45, 7) is 6.33. The molecule has 0 radical (unpaired) electrons. The molecular weight excluding hydrogens is 458 g/mol. The van der Waals surface area contributed by atoms with Crippen molar-refractivity contribution < 1.29 is 37.8 Å². The van der Waals surface area contributed by atoms with Gasteiger partial charge in [-0.25, -0.2) is 9.59 Å². The molecule has 0 aromatic carbocycles. The second kappa shape index (κ2) is 11.9. The van der Waals surface area contributed by atoms with Gasteiger partial charge in [-0.1, -0.05) is 11.8 Å². The van der Waals surface area contributed by atoms with E-state index in [1.165, 1.54) is 11.5 Å². The minimum Gasteiger partial charge on any atom is -0.465 e. The quantitative estimate of drug-likeness (QED) is 0.267. The highest BCUT2D eigenvalue weighted by molar-refractivity contribution is 7.99. The first-order valence-electron chi connectivity index (χ1n) is 9.97. The fourth-order valence-electron chi connectivity index (χ4n) is 2.67. The van der Waals surface area contributed by atoms with E-state index in [1.807, 2.05) is 0 Å². The van der Waals surface area contributed by atoms with E-state index in [9.17, 15) is 19.2 Å². The van der Waals surface area contributed by atoms with Crippen molar-refractivity contribution in [2.75, 3.05) is 36.6 Å². The Balaban J connectivity index is 2.25. The summed E-state index contributed by atoms with van der Waals surface area (Å²) in [5.41, 5.74) is 5.39. The van der Waals surface area contributed by atoms with E-state index >= 15 is 0 Å². The number of carbonyl (C=O) groups excluding carboxylic acids is 4. The zero-order valence-electron chi connectivity index (χ0n) is 18.6. The van der Waals surface area contributed by atoms with Crippen LogP contribution in [0.3, 0.4) is 0 Å². The average molecular weight is 484 g/mol. The fourth-order valence-corrected chi connectivity index (χ4v) is 3.41. The maximum atomic E-state index is 12.7. The van der Waals surface area contributed by atoms with Crippen molar-refractivity contribution >= 4 is 47.4 Å². The molecule has 0 aliphatic rings. The van der Waals surface area contributed by atoms with E-state index in [-0.39, 0.29) is 66.0 Å². The number of nitrogen functional groups attached to an aromatic ring is 1. The van der Waals surface area contributed by atoms with Crippen molar-refractivity contribution in [3.8, 4) is 0 Å². The molecule has 33 heavy (non-hydrogen) atoms. The zero-order chi connectivity index (χ0) is 24.5. The fraction of sp³-hybridized carbons (Fsp3) is 0.474. The molecule has 2 aromatic heterocycles. The number of carbonyl (C=O) groups is 4. The summed E-state index contributed by atoms with van der Waals surface area (Å²) in [7, 11) is 0. The van der Waals surface area contributed by atoms with Crippen LogP contribution in [0.2, 0.25) is 0 Å². The number of nitrogens with zero attached hydrogens (tertiary/aromatic N) is 3. The standard InChI is InChI=1S/C19H25N5O8S/c1-5-29-12(26)9-33-19-23-22-18(20)24(19)8-11(25)21-15-14(17(28)31-7-3)13(10(4)32-15)16(27)30-6-2/h5-9H2,1-4H3,(H2,20,22)(H,21,25). The Hall–Kier alpha value is -3.55. The number of hydrogen-bond acceptors (Lipinski definition) is 12. The SMILES string of the molecule is CCOC(=O)CSc1nnc(N)n1CC(=O)Nc1oc(C)c(C(=O)OCC)c1C(=O)OCC. The highest BCUT2D eigenvalue weighted by atomic mass is 32.2. The van der Waals surface area contributed by atoms with Gasteiger partial charge in [0.05, 0.1) is 25.6 Å². The lowest BCUT2D eigenvalue weighted by molar-refractivity contribution is -0.139. The smallest absolute Gasteiger partial charge is 0.344 e. The molecule has 0 aliphatic heterocycles. The van der Waals surface area contributed by atoms with Gasteiger partial charge in [0.1, 0.15) is 23.4 Å². The van der Waals surface area contributed by atoms with E-state index in [1.54, 1.807) is 20.8 Å². The monoisotopic (exact) mass is 483 g/mol. The van der Waals surface area contributed by atoms with E-state index in [0.717, 1.165) is 11.8 Å². The summed E-state index contributed by atoms with van der Waals surface area (Å²) in [5, 5.41) is 10.2. The summed E-state index contributed by atoms with van der Waals surface area (Å²) < 4.78 is 21.6. The Kier molecular flexibility index (Phi) is 9.27. The van der Waals surface area contributed by atoms with Crippen LogP contribution in [0.5, 0.6) is 0 Å². The summed E-state index contributed by atoms with van der Waals surface area (Å²) in [4.78, 5) is 49.1. The molecule has 2 rings (SSSR count). The van der Waals surface area contributed by atoms with Crippen molar-refractivity contribution in [3.63, 3.8) is 0 Å². The van der Waals surface area contributed by atoms with Crippen molar-refractivity contribution in [1.82, 2.24) is 14.8 Å². The molecule has 14 heteroatoms. The Morgan fingerprint density at radius 1 is 1.00 bits per heavy atom. The number of hydrogen-bond donors (Lipinski definition) is 2. The highest BCUT2D eigenvalue weighted by Crippen LogP contribution is 2.29. The van der Waals surface area contributed by atoms with Crippen molar-refractivity contribution in [1.29, 1.82) is 0 Å². The molecule has 3 N–H and O–H groups in total. The molecule has 13 nitrogen and oxygen atoms in total. The van der Waals surface area contributed by atoms with Crippen LogP contribution in [-0.2, 0) is 30.3 Å². The number of rotatable bonds is 11. The molecular formula is C19H25N5O8S. The van der Waals surface area contributed by atoms with E-state index in [2.05, 4.69) is 15.5 Å². The van der Waals surface area contributed by atoms with Gasteiger partial charge in [-0.05, 0) is 27.7 Å². The number of furan rings is 1. The first kappa shape index (κ1) is 25.7. The van der Waals surface area contributed by atoms with Gasteiger partial charge in [0.2, 0.25) is 17.7 Å². The van der Waals surface area contributed by atoms with Crippen LogP contribution < -0.4 is 11.1 Å². The van der Waals surface area contributed by atoms with E-state index in [4.69, 9.17) is 24.4 Å². The third kappa shape index (κ3) is 6.47. The van der Waals surface area contributed by atoms with Gasteiger partial charge < -0.3 is 24.4 Å². The van der Waals surface area contributed by atoms with Crippen LogP contribution in [0.4, 0.5) is 11.8 Å². The maximum absolute atomic E-state index is 12.7. The van der Waals surface area contributed by atoms with Crippen LogP contribution in [-0.4, -0.2) is 64.2 Å². The van der Waals surface area contributed by atoms with Gasteiger partial charge in [-0.15, -0.1) is 10.2 Å². The van der Waals surface area contributed by atoms with Crippen LogP contribution in [0.25, 0.3) is 0 Å². The molecule has 0 atom stereocenters. The Morgan fingerprint density at radius 2 is 1.61 bits per heavy atom. The predicted octanol–water partition coefficient (Wildman–Crippen LogP) is 1.41. The lowest BCUT2D eigenvalue weighted by atomic mass is 10.1. The number of aromatic nitrogens is 3. The van der Waals surface area contributed by atoms with E-state index < -0.39 is 23.8 Å². The van der Waals surface area contributed by atoms with Crippen LogP contribution in [0.15, 0.2) is 9.57 Å². The molecule has 0 unspecified atom stereocenters. The average Bonchev–Trinajstić information content (AvgIpc) is 3.26. The molecule has 0 fully saturated rings. The van der Waals surface area contributed by atoms with Crippen molar-refractivity contribution in [2.24, 2.45) is 0 Å². The molecule has 2 aromatic rings. The van der Waals surface area contributed by atoms with Gasteiger partial charge in [-0.2, -0.15) is 0 Å². The topological polar surface area (TPSA) is 178 Å². The Bertz CT molecular complexity index is 1030. The molecule has 2 heterocycles. The van der Waals surface area contributed by atoms with Crippen LogP contribution in [0, 0.1) is 6.92 Å². The van der Waals surface area contributed by atoms with Gasteiger partial charge in [0.25, 0.3) is 0 Å².